The molecule has 1 saturated heterocycles. The molecule has 3 nitrogen and oxygen atoms in total. The summed E-state index contributed by atoms with van der Waals surface area (Å²) in [5.74, 6) is 1.10. The third kappa shape index (κ3) is 4.69. The largest absolute Gasteiger partial charge is 0.489 e. The molecule has 1 aromatic carbocycles. The van der Waals surface area contributed by atoms with Crippen LogP contribution in [0.5, 0.6) is 5.75 Å². The third-order valence-corrected chi connectivity index (χ3v) is 3.73. The molecular formula is C13H16Cl3NO2. The van der Waals surface area contributed by atoms with Crippen LogP contribution < -0.4 is 10.1 Å². The van der Waals surface area contributed by atoms with E-state index < -0.39 is 0 Å². The van der Waals surface area contributed by atoms with E-state index in [0.29, 0.717) is 33.3 Å². The highest BCUT2D eigenvalue weighted by Gasteiger charge is 2.14. The van der Waals surface area contributed by atoms with Crippen molar-refractivity contribution in [3.05, 3.63) is 27.2 Å². The summed E-state index contributed by atoms with van der Waals surface area (Å²) in [7, 11) is 0. The molecule has 0 saturated carbocycles. The molecule has 0 amide bonds. The maximum Gasteiger partial charge on any atom is 0.156 e. The first kappa shape index (κ1) is 15.2. The molecule has 6 heteroatoms. The van der Waals surface area contributed by atoms with Crippen LogP contribution in [0.2, 0.25) is 15.1 Å². The van der Waals surface area contributed by atoms with Gasteiger partial charge < -0.3 is 14.8 Å². The number of nitrogens with one attached hydrogen (secondary N) is 1. The Kier molecular flexibility index (Phi) is 6.05. The lowest BCUT2D eigenvalue weighted by Gasteiger charge is -2.12. The normalized spacial score (nSPS) is 18.8. The van der Waals surface area contributed by atoms with Crippen LogP contribution in [-0.4, -0.2) is 32.9 Å². The first-order valence-electron chi connectivity index (χ1n) is 6.22. The molecule has 1 unspecified atom stereocenters. The average molecular weight is 325 g/mol. The van der Waals surface area contributed by atoms with Gasteiger partial charge >= 0.3 is 0 Å². The van der Waals surface area contributed by atoms with E-state index in [-0.39, 0.29) is 0 Å². The summed E-state index contributed by atoms with van der Waals surface area (Å²) in [5, 5.41) is 4.70. The van der Waals surface area contributed by atoms with E-state index in [2.05, 4.69) is 5.32 Å². The van der Waals surface area contributed by atoms with Crippen molar-refractivity contribution in [3.63, 3.8) is 0 Å². The number of halogens is 3. The summed E-state index contributed by atoms with van der Waals surface area (Å²) < 4.78 is 10.9. The van der Waals surface area contributed by atoms with Crippen LogP contribution in [0.1, 0.15) is 6.42 Å². The highest BCUT2D eigenvalue weighted by atomic mass is 35.5. The predicted molar refractivity (Wildman–Crippen MR) is 78.8 cm³/mol. The van der Waals surface area contributed by atoms with Crippen LogP contribution in [0, 0.1) is 5.92 Å². The van der Waals surface area contributed by atoms with Gasteiger partial charge in [0.05, 0.1) is 16.7 Å². The molecule has 1 heterocycles. The van der Waals surface area contributed by atoms with Crippen molar-refractivity contribution in [1.29, 1.82) is 0 Å². The second kappa shape index (κ2) is 7.55. The minimum Gasteiger partial charge on any atom is -0.489 e. The van der Waals surface area contributed by atoms with Crippen molar-refractivity contribution in [3.8, 4) is 5.75 Å². The van der Waals surface area contributed by atoms with Crippen molar-refractivity contribution in [2.24, 2.45) is 5.92 Å². The molecule has 1 aliphatic heterocycles. The molecule has 1 N–H and O–H groups in total. The topological polar surface area (TPSA) is 30.5 Å². The molecule has 0 radical (unpaired) electrons. The van der Waals surface area contributed by atoms with Gasteiger partial charge in [-0.3, -0.25) is 0 Å². The molecular weight excluding hydrogens is 309 g/mol. The molecule has 1 aromatic rings. The standard InChI is InChI=1S/C13H16Cl3NO2/c14-10-5-11(15)13(12(16)6-10)19-4-2-17-7-9-1-3-18-8-9/h5-6,9,17H,1-4,7-8H2. The zero-order valence-electron chi connectivity index (χ0n) is 10.4. The van der Waals surface area contributed by atoms with E-state index in [9.17, 15) is 0 Å². The quantitative estimate of drug-likeness (QED) is 0.810. The van der Waals surface area contributed by atoms with Crippen molar-refractivity contribution >= 4 is 34.8 Å². The van der Waals surface area contributed by atoms with E-state index >= 15 is 0 Å². The highest BCUT2D eigenvalue weighted by Crippen LogP contribution is 2.35. The molecule has 0 bridgehead atoms. The third-order valence-electron chi connectivity index (χ3n) is 2.95. The molecule has 0 aliphatic carbocycles. The molecule has 106 valence electrons. The minimum absolute atomic E-state index is 0.432. The van der Waals surface area contributed by atoms with Crippen LogP contribution in [-0.2, 0) is 4.74 Å². The second-order valence-corrected chi connectivity index (χ2v) is 5.73. The lowest BCUT2D eigenvalue weighted by Crippen LogP contribution is -2.27. The summed E-state index contributed by atoms with van der Waals surface area (Å²) >= 11 is 17.9. The smallest absolute Gasteiger partial charge is 0.156 e. The second-order valence-electron chi connectivity index (χ2n) is 4.48. The fourth-order valence-corrected chi connectivity index (χ4v) is 2.87. The summed E-state index contributed by atoms with van der Waals surface area (Å²) in [6.07, 6.45) is 1.13. The average Bonchev–Trinajstić information content (AvgIpc) is 2.84. The van der Waals surface area contributed by atoms with Crippen LogP contribution >= 0.6 is 34.8 Å². The van der Waals surface area contributed by atoms with Crippen LogP contribution in [0.15, 0.2) is 12.1 Å². The number of benzene rings is 1. The Bertz CT molecular complexity index is 399. The summed E-state index contributed by atoms with van der Waals surface area (Å²) in [5.41, 5.74) is 0. The van der Waals surface area contributed by atoms with Gasteiger partial charge in [0.1, 0.15) is 6.61 Å². The molecule has 2 rings (SSSR count). The summed E-state index contributed by atoms with van der Waals surface area (Å²) in [4.78, 5) is 0. The van der Waals surface area contributed by atoms with E-state index in [0.717, 1.165) is 32.7 Å². The van der Waals surface area contributed by atoms with E-state index in [1.807, 2.05) is 0 Å². The Hall–Kier alpha value is -0.190. The maximum absolute atomic E-state index is 6.02. The Morgan fingerprint density at radius 2 is 2.00 bits per heavy atom. The molecule has 19 heavy (non-hydrogen) atoms. The van der Waals surface area contributed by atoms with Gasteiger partial charge in [-0.15, -0.1) is 0 Å². The van der Waals surface area contributed by atoms with Crippen LogP contribution in [0.4, 0.5) is 0 Å². The number of hydrogen-bond donors (Lipinski definition) is 1. The van der Waals surface area contributed by atoms with Gasteiger partial charge in [0.25, 0.3) is 0 Å². The Balaban J connectivity index is 1.70. The number of rotatable bonds is 6. The van der Waals surface area contributed by atoms with Gasteiger partial charge in [0.15, 0.2) is 5.75 Å². The monoisotopic (exact) mass is 323 g/mol. The highest BCUT2D eigenvalue weighted by molar-refractivity contribution is 6.40. The molecule has 0 spiro atoms. The Morgan fingerprint density at radius 1 is 1.26 bits per heavy atom. The van der Waals surface area contributed by atoms with Crippen molar-refractivity contribution in [2.45, 2.75) is 6.42 Å². The Morgan fingerprint density at radius 3 is 2.63 bits per heavy atom. The van der Waals surface area contributed by atoms with E-state index in [4.69, 9.17) is 44.3 Å². The fourth-order valence-electron chi connectivity index (χ4n) is 1.94. The van der Waals surface area contributed by atoms with Crippen molar-refractivity contribution < 1.29 is 9.47 Å². The first-order chi connectivity index (χ1) is 9.16. The SMILES string of the molecule is Clc1cc(Cl)c(OCCNCC2CCOC2)c(Cl)c1. The van der Waals surface area contributed by atoms with Crippen LogP contribution in [0.25, 0.3) is 0 Å². The lowest BCUT2D eigenvalue weighted by atomic mass is 10.1. The zero-order valence-corrected chi connectivity index (χ0v) is 12.7. The minimum atomic E-state index is 0.432. The number of hydrogen-bond acceptors (Lipinski definition) is 3. The van der Waals surface area contributed by atoms with Gasteiger partial charge in [-0.25, -0.2) is 0 Å². The zero-order chi connectivity index (χ0) is 13.7. The van der Waals surface area contributed by atoms with Gasteiger partial charge in [-0.1, -0.05) is 34.8 Å². The van der Waals surface area contributed by atoms with Gasteiger partial charge in [0.2, 0.25) is 0 Å². The van der Waals surface area contributed by atoms with Crippen molar-refractivity contribution in [2.75, 3.05) is 32.9 Å². The van der Waals surface area contributed by atoms with Crippen LogP contribution in [0.3, 0.4) is 0 Å². The Labute approximate surface area is 128 Å². The van der Waals surface area contributed by atoms with Gasteiger partial charge in [0, 0.05) is 24.7 Å². The predicted octanol–water partition coefficient (Wildman–Crippen LogP) is 3.65. The van der Waals surface area contributed by atoms with Crippen molar-refractivity contribution in [1.82, 2.24) is 5.32 Å². The molecule has 1 fully saturated rings. The molecule has 1 atom stereocenters. The lowest BCUT2D eigenvalue weighted by molar-refractivity contribution is 0.185. The fraction of sp³-hybridized carbons (Fsp3) is 0.538. The summed E-state index contributed by atoms with van der Waals surface area (Å²) in [6.45, 7) is 3.92. The van der Waals surface area contributed by atoms with E-state index in [1.54, 1.807) is 12.1 Å². The first-order valence-corrected chi connectivity index (χ1v) is 7.36. The van der Waals surface area contributed by atoms with Gasteiger partial charge in [-0.2, -0.15) is 0 Å². The maximum atomic E-state index is 6.02. The molecule has 1 aliphatic rings. The van der Waals surface area contributed by atoms with Gasteiger partial charge in [-0.05, 0) is 24.5 Å². The number of ether oxygens (including phenoxy) is 2. The summed E-state index contributed by atoms with van der Waals surface area (Å²) in [6, 6.07) is 3.24. The van der Waals surface area contributed by atoms with E-state index in [1.165, 1.54) is 0 Å². The molecule has 0 aromatic heterocycles.